The highest BCUT2D eigenvalue weighted by molar-refractivity contribution is 5.94. The molecule has 14 atom stereocenters. The molecule has 11 heteroatoms. The van der Waals surface area contributed by atoms with Crippen LogP contribution < -0.4 is 0 Å². The van der Waals surface area contributed by atoms with Crippen molar-refractivity contribution in [3.8, 4) is 0 Å². The largest absolute Gasteiger partial charge is 0.472 e. The van der Waals surface area contributed by atoms with Crippen molar-refractivity contribution in [2.45, 2.75) is 104 Å². The van der Waals surface area contributed by atoms with Gasteiger partial charge in [0.1, 0.15) is 23.8 Å². The summed E-state index contributed by atoms with van der Waals surface area (Å²) in [5.74, 6) is -4.93. The molecule has 4 aliphatic carbocycles. The van der Waals surface area contributed by atoms with Crippen LogP contribution in [-0.2, 0) is 33.4 Å². The van der Waals surface area contributed by atoms with Gasteiger partial charge in [-0.15, -0.1) is 0 Å². The number of rotatable bonds is 5. The van der Waals surface area contributed by atoms with Crippen molar-refractivity contribution >= 4 is 23.5 Å². The van der Waals surface area contributed by atoms with Crippen LogP contribution in [0.25, 0.3) is 0 Å². The summed E-state index contributed by atoms with van der Waals surface area (Å²) in [6.07, 6.45) is -3.30. The van der Waals surface area contributed by atoms with Gasteiger partial charge in [0.25, 0.3) is 0 Å². The second-order valence-electron chi connectivity index (χ2n) is 14.8. The zero-order valence-corrected chi connectivity index (χ0v) is 26.1. The lowest BCUT2D eigenvalue weighted by molar-refractivity contribution is -0.387. The fourth-order valence-electron chi connectivity index (χ4n) is 10.7. The van der Waals surface area contributed by atoms with Crippen molar-refractivity contribution in [3.63, 3.8) is 0 Å². The Morgan fingerprint density at radius 3 is 2.39 bits per heavy atom. The molecular weight excluding hydrogens is 572 g/mol. The van der Waals surface area contributed by atoms with Gasteiger partial charge in [-0.05, 0) is 42.7 Å². The summed E-state index contributed by atoms with van der Waals surface area (Å²) in [5.41, 5.74) is -4.23. The maximum Gasteiger partial charge on any atom is 0.310 e. The number of furan rings is 1. The Hall–Kier alpha value is -2.60. The number of carbonyl (C=O) groups excluding carboxylic acids is 4. The smallest absolute Gasteiger partial charge is 0.310 e. The predicted octanol–water partition coefficient (Wildman–Crippen LogP) is 2.54. The number of aliphatic hydroxyl groups excluding tert-OH is 3. The molecule has 1 aromatic heterocycles. The highest BCUT2D eigenvalue weighted by Crippen LogP contribution is 2.75. The quantitative estimate of drug-likeness (QED) is 0.416. The van der Waals surface area contributed by atoms with Gasteiger partial charge in [-0.1, -0.05) is 27.7 Å². The SMILES string of the molecule is CCC(C)C(=O)OC1OC[C@@]23C4C(=O)C[C@]5(C)C(C(=O)C[C@H]5c5ccoc5)[C@]4(C)[C@H](O)CC2[C@]1(C)[C@H](OC(C)=O)[C@H](O)[C@@H]3O. The number of esters is 2. The molecule has 0 amide bonds. The van der Waals surface area contributed by atoms with E-state index in [-0.39, 0.29) is 43.4 Å². The summed E-state index contributed by atoms with van der Waals surface area (Å²) in [4.78, 5) is 54.0. The summed E-state index contributed by atoms with van der Waals surface area (Å²) in [6.45, 7) is 9.80. The van der Waals surface area contributed by atoms with Gasteiger partial charge in [-0.25, -0.2) is 0 Å². The highest BCUT2D eigenvalue weighted by atomic mass is 16.7. The Morgan fingerprint density at radius 1 is 1.07 bits per heavy atom. The van der Waals surface area contributed by atoms with E-state index in [1.165, 1.54) is 13.2 Å². The fourth-order valence-corrected chi connectivity index (χ4v) is 10.7. The molecule has 11 nitrogen and oxygen atoms in total. The van der Waals surface area contributed by atoms with Crippen molar-refractivity contribution < 1.29 is 53.1 Å². The van der Waals surface area contributed by atoms with E-state index in [1.54, 1.807) is 33.1 Å². The van der Waals surface area contributed by atoms with Gasteiger partial charge in [0, 0.05) is 48.3 Å². The minimum atomic E-state index is -1.66. The lowest BCUT2D eigenvalue weighted by Gasteiger charge is -2.73. The molecule has 0 spiro atoms. The Bertz CT molecular complexity index is 1360. The predicted molar refractivity (Wildman–Crippen MR) is 151 cm³/mol. The third-order valence-electron chi connectivity index (χ3n) is 12.7. The molecular formula is C33H44O11. The van der Waals surface area contributed by atoms with Gasteiger partial charge < -0.3 is 33.9 Å². The van der Waals surface area contributed by atoms with Gasteiger partial charge in [-0.2, -0.15) is 0 Å². The molecule has 1 saturated heterocycles. The van der Waals surface area contributed by atoms with Crippen LogP contribution in [0.5, 0.6) is 0 Å². The Kier molecular flexibility index (Phi) is 7.28. The van der Waals surface area contributed by atoms with Crippen LogP contribution in [-0.4, -0.2) is 76.1 Å². The maximum atomic E-state index is 14.6. The fraction of sp³-hybridized carbons (Fsp3) is 0.758. The number of ketones is 2. The number of hydrogen-bond acceptors (Lipinski definition) is 11. The van der Waals surface area contributed by atoms with Crippen molar-refractivity contribution in [3.05, 3.63) is 24.2 Å². The van der Waals surface area contributed by atoms with Crippen molar-refractivity contribution in [2.24, 2.45) is 45.3 Å². The van der Waals surface area contributed by atoms with E-state index >= 15 is 0 Å². The zero-order chi connectivity index (χ0) is 32.1. The summed E-state index contributed by atoms with van der Waals surface area (Å²) in [6, 6.07) is 1.80. The van der Waals surface area contributed by atoms with Crippen LogP contribution in [0.2, 0.25) is 0 Å². The first kappa shape index (κ1) is 31.4. The van der Waals surface area contributed by atoms with Gasteiger partial charge in [0.15, 0.2) is 0 Å². The lowest BCUT2D eigenvalue weighted by Crippen LogP contribution is -2.82. The highest BCUT2D eigenvalue weighted by Gasteiger charge is 2.82. The topological polar surface area (TPSA) is 170 Å². The Balaban J connectivity index is 1.50. The lowest BCUT2D eigenvalue weighted by atomic mass is 9.33. The molecule has 1 aliphatic heterocycles. The molecule has 242 valence electrons. The maximum absolute atomic E-state index is 14.6. The standard InChI is InChI=1S/C33H44O11/c1-7-15(2)28(40)44-29-31(5)21-11-22(37)32(6)24-19(35)10-18(17-8-9-41-13-17)30(24,4)12-20(36)25(32)33(21,14-42-29)26(39)23(38)27(31)43-16(3)34/h8-9,13,15,18,21-27,29,37-39H,7,10-12,14H2,1-6H3/t15?,18-,21?,22+,23+,24?,25?,26-,27+,29?,30-,31+,32-,33-/m0/s1. The Labute approximate surface area is 256 Å². The van der Waals surface area contributed by atoms with Gasteiger partial charge in [0.05, 0.1) is 42.7 Å². The van der Waals surface area contributed by atoms with Gasteiger partial charge in [0.2, 0.25) is 6.29 Å². The number of ether oxygens (including phenoxy) is 3. The van der Waals surface area contributed by atoms with Crippen LogP contribution in [0.15, 0.2) is 23.0 Å². The molecule has 4 saturated carbocycles. The van der Waals surface area contributed by atoms with E-state index in [0.717, 1.165) is 5.56 Å². The first-order chi connectivity index (χ1) is 20.6. The summed E-state index contributed by atoms with van der Waals surface area (Å²) < 4.78 is 23.1. The Morgan fingerprint density at radius 2 is 1.77 bits per heavy atom. The summed E-state index contributed by atoms with van der Waals surface area (Å²) >= 11 is 0. The van der Waals surface area contributed by atoms with Crippen LogP contribution in [0.4, 0.5) is 0 Å². The van der Waals surface area contributed by atoms with E-state index in [4.69, 9.17) is 18.6 Å². The molecule has 6 rings (SSSR count). The van der Waals surface area contributed by atoms with E-state index in [2.05, 4.69) is 0 Å². The normalized spacial score (nSPS) is 48.5. The van der Waals surface area contributed by atoms with Crippen LogP contribution in [0.1, 0.15) is 78.7 Å². The number of Topliss-reactive ketones (excluding diaryl/α,β-unsaturated/α-hetero) is 2. The minimum Gasteiger partial charge on any atom is -0.472 e. The van der Waals surface area contributed by atoms with Gasteiger partial charge >= 0.3 is 11.9 Å². The molecule has 5 fully saturated rings. The molecule has 2 bridgehead atoms. The summed E-state index contributed by atoms with van der Waals surface area (Å²) in [5, 5.41) is 35.9. The monoisotopic (exact) mass is 616 g/mol. The van der Waals surface area contributed by atoms with Crippen molar-refractivity contribution in [1.82, 2.24) is 0 Å². The summed E-state index contributed by atoms with van der Waals surface area (Å²) in [7, 11) is 0. The average Bonchev–Trinajstić information content (AvgIpc) is 3.58. The van der Waals surface area contributed by atoms with Gasteiger partial charge in [-0.3, -0.25) is 19.2 Å². The molecule has 5 aliphatic rings. The first-order valence-corrected chi connectivity index (χ1v) is 15.7. The van der Waals surface area contributed by atoms with Crippen LogP contribution in [0.3, 0.4) is 0 Å². The molecule has 0 radical (unpaired) electrons. The molecule has 3 N–H and O–H groups in total. The molecule has 2 heterocycles. The van der Waals surface area contributed by atoms with E-state index in [0.29, 0.717) is 6.42 Å². The second kappa shape index (κ2) is 10.2. The van der Waals surface area contributed by atoms with Crippen molar-refractivity contribution in [1.29, 1.82) is 0 Å². The zero-order valence-electron chi connectivity index (χ0n) is 26.1. The van der Waals surface area contributed by atoms with E-state index < -0.39 is 88.0 Å². The number of carbonyl (C=O) groups is 4. The first-order valence-electron chi connectivity index (χ1n) is 15.7. The molecule has 5 unspecified atom stereocenters. The third-order valence-corrected chi connectivity index (χ3v) is 12.7. The average molecular weight is 617 g/mol. The number of aliphatic hydroxyl groups is 3. The minimum absolute atomic E-state index is 0.00466. The van der Waals surface area contributed by atoms with Crippen molar-refractivity contribution in [2.75, 3.05) is 6.61 Å². The van der Waals surface area contributed by atoms with Crippen LogP contribution in [0, 0.1) is 45.3 Å². The van der Waals surface area contributed by atoms with E-state index in [9.17, 15) is 34.5 Å². The van der Waals surface area contributed by atoms with Crippen LogP contribution >= 0.6 is 0 Å². The molecule has 1 aromatic rings. The third kappa shape index (κ3) is 3.82. The molecule has 0 aromatic carbocycles. The second-order valence-corrected chi connectivity index (χ2v) is 14.8. The number of fused-ring (bicyclic) bond motifs is 3. The molecule has 44 heavy (non-hydrogen) atoms. The number of hydrogen-bond donors (Lipinski definition) is 3. The van der Waals surface area contributed by atoms with E-state index in [1.807, 2.05) is 13.8 Å².